The summed E-state index contributed by atoms with van der Waals surface area (Å²) in [5, 5.41) is 0. The number of Topliss-reactive ketones (excluding diaryl/α,β-unsaturated/α-hetero) is 1. The molecule has 0 N–H and O–H groups in total. The highest BCUT2D eigenvalue weighted by Gasteiger charge is 2.29. The van der Waals surface area contributed by atoms with E-state index in [9.17, 15) is 26.7 Å². The fourth-order valence-corrected chi connectivity index (χ4v) is 3.27. The molecule has 10 heteroatoms. The molecule has 0 spiro atoms. The molecule has 5 nitrogen and oxygen atoms in total. The van der Waals surface area contributed by atoms with Crippen molar-refractivity contribution >= 4 is 11.9 Å². The molecule has 0 aliphatic carbocycles. The summed E-state index contributed by atoms with van der Waals surface area (Å²) in [7, 11) is 2.95. The second-order valence-electron chi connectivity index (χ2n) is 7.04. The number of methoxy groups -OCH3 is 2. The Hall–Kier alpha value is -4.08. The molecule has 0 amide bonds. The van der Waals surface area contributed by atoms with Crippen LogP contribution in [-0.2, 0) is 6.61 Å². The number of rotatable bonds is 6. The lowest BCUT2D eigenvalue weighted by atomic mass is 10.1. The first kappa shape index (κ1) is 23.1. The number of hydrogen-bond donors (Lipinski definition) is 0. The van der Waals surface area contributed by atoms with Gasteiger partial charge in [-0.2, -0.15) is 0 Å². The Morgan fingerprint density at radius 3 is 2.12 bits per heavy atom. The van der Waals surface area contributed by atoms with Crippen molar-refractivity contribution < 1.29 is 45.7 Å². The fourth-order valence-electron chi connectivity index (χ4n) is 3.27. The maximum Gasteiger partial charge on any atom is 0.231 e. The molecule has 1 aliphatic heterocycles. The van der Waals surface area contributed by atoms with Gasteiger partial charge >= 0.3 is 0 Å². The lowest BCUT2D eigenvalue weighted by molar-refractivity contribution is 0.101. The second kappa shape index (κ2) is 9.05. The smallest absolute Gasteiger partial charge is 0.231 e. The molecule has 34 heavy (non-hydrogen) atoms. The van der Waals surface area contributed by atoms with E-state index >= 15 is 0 Å². The maximum absolute atomic E-state index is 13.8. The van der Waals surface area contributed by atoms with Crippen molar-refractivity contribution in [3.8, 4) is 23.0 Å². The van der Waals surface area contributed by atoms with Gasteiger partial charge in [0.2, 0.25) is 11.6 Å². The lowest BCUT2D eigenvalue weighted by Gasteiger charge is -2.10. The van der Waals surface area contributed by atoms with Gasteiger partial charge in [-0.1, -0.05) is 0 Å². The summed E-state index contributed by atoms with van der Waals surface area (Å²) >= 11 is 0. The van der Waals surface area contributed by atoms with E-state index in [0.29, 0.717) is 17.1 Å². The van der Waals surface area contributed by atoms with E-state index in [0.717, 1.165) is 0 Å². The van der Waals surface area contributed by atoms with Crippen LogP contribution < -0.4 is 18.9 Å². The first-order valence-corrected chi connectivity index (χ1v) is 9.68. The number of benzene rings is 3. The van der Waals surface area contributed by atoms with Gasteiger partial charge in [0, 0.05) is 17.7 Å². The second-order valence-corrected chi connectivity index (χ2v) is 7.04. The van der Waals surface area contributed by atoms with Crippen molar-refractivity contribution in [2.24, 2.45) is 0 Å². The summed E-state index contributed by atoms with van der Waals surface area (Å²) in [6.45, 7) is -0.940. The highest BCUT2D eigenvalue weighted by molar-refractivity contribution is 6.14. The monoisotopic (exact) mass is 478 g/mol. The number of carbonyl (C=O) groups is 1. The first-order valence-electron chi connectivity index (χ1n) is 9.68. The van der Waals surface area contributed by atoms with Gasteiger partial charge in [0.05, 0.1) is 25.3 Å². The van der Waals surface area contributed by atoms with Crippen molar-refractivity contribution in [2.75, 3.05) is 14.2 Å². The molecular formula is C24H15F5O5. The third-order valence-corrected chi connectivity index (χ3v) is 5.05. The predicted octanol–water partition coefficient (Wildman–Crippen LogP) is 5.59. The van der Waals surface area contributed by atoms with Crippen molar-refractivity contribution in [2.45, 2.75) is 6.61 Å². The Bertz CT molecular complexity index is 1310. The average Bonchev–Trinajstić information content (AvgIpc) is 3.16. The summed E-state index contributed by atoms with van der Waals surface area (Å²) in [5.41, 5.74) is -0.384. The van der Waals surface area contributed by atoms with Crippen LogP contribution in [0, 0.1) is 29.1 Å². The quantitative estimate of drug-likeness (QED) is 0.200. The Balaban J connectivity index is 1.57. The Kier molecular flexibility index (Phi) is 6.14. The number of hydrogen-bond acceptors (Lipinski definition) is 5. The van der Waals surface area contributed by atoms with Gasteiger partial charge in [0.25, 0.3) is 0 Å². The van der Waals surface area contributed by atoms with E-state index in [1.807, 2.05) is 0 Å². The molecule has 0 aromatic heterocycles. The van der Waals surface area contributed by atoms with Gasteiger partial charge < -0.3 is 18.9 Å². The van der Waals surface area contributed by atoms with Crippen LogP contribution in [0.3, 0.4) is 0 Å². The zero-order valence-electron chi connectivity index (χ0n) is 17.7. The highest BCUT2D eigenvalue weighted by Crippen LogP contribution is 2.36. The van der Waals surface area contributed by atoms with E-state index in [1.165, 1.54) is 38.5 Å². The van der Waals surface area contributed by atoms with Gasteiger partial charge in [-0.25, -0.2) is 22.0 Å². The molecule has 0 radical (unpaired) electrons. The van der Waals surface area contributed by atoms with Gasteiger partial charge in [0.1, 0.15) is 29.6 Å². The molecular weight excluding hydrogens is 463 g/mol. The summed E-state index contributed by atoms with van der Waals surface area (Å²) in [5.74, 6) is -9.73. The summed E-state index contributed by atoms with van der Waals surface area (Å²) in [4.78, 5) is 12.7. The van der Waals surface area contributed by atoms with Crippen LogP contribution in [0.1, 0.15) is 21.5 Å². The summed E-state index contributed by atoms with van der Waals surface area (Å²) < 4.78 is 88.9. The number of ketones is 1. The van der Waals surface area contributed by atoms with Crippen LogP contribution in [0.2, 0.25) is 0 Å². The predicted molar refractivity (Wildman–Crippen MR) is 109 cm³/mol. The number of fused-ring (bicyclic) bond motifs is 1. The van der Waals surface area contributed by atoms with Crippen molar-refractivity contribution in [1.29, 1.82) is 0 Å². The molecule has 4 rings (SSSR count). The molecule has 1 heterocycles. The normalized spacial score (nSPS) is 13.6. The van der Waals surface area contributed by atoms with E-state index in [1.54, 1.807) is 18.2 Å². The minimum atomic E-state index is -2.25. The van der Waals surface area contributed by atoms with Crippen LogP contribution in [0.4, 0.5) is 22.0 Å². The van der Waals surface area contributed by atoms with Gasteiger partial charge in [-0.15, -0.1) is 0 Å². The molecule has 0 saturated carbocycles. The molecule has 176 valence electrons. The molecule has 0 fully saturated rings. The molecule has 1 aliphatic rings. The molecule has 0 bridgehead atoms. The first-order chi connectivity index (χ1) is 16.2. The van der Waals surface area contributed by atoms with Gasteiger partial charge in [-0.3, -0.25) is 4.79 Å². The largest absolute Gasteiger partial charge is 0.497 e. The third kappa shape index (κ3) is 4.02. The number of carbonyl (C=O) groups excluding carboxylic acids is 1. The zero-order chi connectivity index (χ0) is 24.6. The van der Waals surface area contributed by atoms with Crippen molar-refractivity contribution in [3.05, 3.63) is 87.9 Å². The van der Waals surface area contributed by atoms with Crippen LogP contribution in [0.25, 0.3) is 6.08 Å². The maximum atomic E-state index is 13.8. The number of halogens is 5. The Morgan fingerprint density at radius 1 is 0.824 bits per heavy atom. The SMILES string of the molecule is COc1ccc(/C=C2\Oc3cc(OCc4c(F)c(F)c(F)c(F)c4F)ccc3C2=O)c(OC)c1. The molecule has 0 atom stereocenters. The third-order valence-electron chi connectivity index (χ3n) is 5.05. The van der Waals surface area contributed by atoms with Gasteiger partial charge in [0.15, 0.2) is 29.0 Å². The summed E-state index contributed by atoms with van der Waals surface area (Å²) in [6.07, 6.45) is 1.47. The van der Waals surface area contributed by atoms with Crippen LogP contribution in [-0.4, -0.2) is 20.0 Å². The number of allylic oxidation sites excluding steroid dienone is 1. The van der Waals surface area contributed by atoms with Gasteiger partial charge in [-0.05, 0) is 30.3 Å². The highest BCUT2D eigenvalue weighted by atomic mass is 19.2. The fraction of sp³-hybridized carbons (Fsp3) is 0.125. The Morgan fingerprint density at radius 2 is 1.47 bits per heavy atom. The Labute approximate surface area is 189 Å². The number of ether oxygens (including phenoxy) is 4. The molecule has 0 unspecified atom stereocenters. The summed E-state index contributed by atoms with van der Waals surface area (Å²) in [6, 6.07) is 8.91. The van der Waals surface area contributed by atoms with E-state index in [2.05, 4.69) is 0 Å². The standard InChI is InChI=1S/C24H15F5O5/c1-31-12-4-3-11(16(8-12)32-2)7-18-24(30)14-6-5-13(9-17(14)34-18)33-10-15-19(25)21(27)23(29)22(28)20(15)26/h3-9H,10H2,1-2H3/b18-7-. The average molecular weight is 478 g/mol. The molecule has 3 aromatic rings. The lowest BCUT2D eigenvalue weighted by Crippen LogP contribution is -2.09. The van der Waals surface area contributed by atoms with Crippen LogP contribution in [0.5, 0.6) is 23.0 Å². The van der Waals surface area contributed by atoms with Crippen LogP contribution >= 0.6 is 0 Å². The minimum Gasteiger partial charge on any atom is -0.497 e. The zero-order valence-corrected chi connectivity index (χ0v) is 17.7. The van der Waals surface area contributed by atoms with Crippen molar-refractivity contribution in [1.82, 2.24) is 0 Å². The molecule has 0 saturated heterocycles. The van der Waals surface area contributed by atoms with Crippen molar-refractivity contribution in [3.63, 3.8) is 0 Å². The van der Waals surface area contributed by atoms with E-state index < -0.39 is 47.0 Å². The minimum absolute atomic E-state index is 0.0150. The van der Waals surface area contributed by atoms with E-state index in [4.69, 9.17) is 18.9 Å². The van der Waals surface area contributed by atoms with Crippen LogP contribution in [0.15, 0.2) is 42.2 Å². The molecule has 3 aromatic carbocycles. The van der Waals surface area contributed by atoms with E-state index in [-0.39, 0.29) is 22.8 Å². The topological polar surface area (TPSA) is 54.0 Å².